The minimum atomic E-state index is -4.42. The summed E-state index contributed by atoms with van der Waals surface area (Å²) in [5.41, 5.74) is 0.285. The second-order valence-electron chi connectivity index (χ2n) is 6.17. The molecule has 0 saturated carbocycles. The van der Waals surface area contributed by atoms with Crippen LogP contribution < -0.4 is 0 Å². The van der Waals surface area contributed by atoms with E-state index in [0.29, 0.717) is 11.7 Å². The van der Waals surface area contributed by atoms with Crippen LogP contribution in [0, 0.1) is 13.8 Å². The molecule has 0 aliphatic carbocycles. The standard InChI is InChI=1S/C17H19F3N2O2/c1-10-11(2)24-16(21-10)9-22-8-12(23)7-15(22)13-5-3-4-6-14(13)17(18,19)20/h3-6,12,15,23H,7-9H2,1-2H3. The molecule has 1 aliphatic heterocycles. The molecule has 2 unspecified atom stereocenters. The van der Waals surface area contributed by atoms with Crippen molar-refractivity contribution in [3.8, 4) is 0 Å². The first-order valence-electron chi connectivity index (χ1n) is 7.77. The molecule has 7 heteroatoms. The normalized spacial score (nSPS) is 22.2. The van der Waals surface area contributed by atoms with Crippen LogP contribution >= 0.6 is 0 Å². The molecule has 0 spiro atoms. The molecular formula is C17H19F3N2O2. The van der Waals surface area contributed by atoms with Gasteiger partial charge in [0, 0.05) is 12.6 Å². The van der Waals surface area contributed by atoms with Gasteiger partial charge in [0.1, 0.15) is 5.76 Å². The molecule has 2 aromatic rings. The fourth-order valence-electron chi connectivity index (χ4n) is 3.20. The molecule has 4 nitrogen and oxygen atoms in total. The fourth-order valence-corrected chi connectivity index (χ4v) is 3.20. The number of aliphatic hydroxyl groups excluding tert-OH is 1. The van der Waals surface area contributed by atoms with Crippen molar-refractivity contribution in [2.24, 2.45) is 0 Å². The molecule has 2 heterocycles. The van der Waals surface area contributed by atoms with Crippen LogP contribution in [0.4, 0.5) is 13.2 Å². The number of likely N-dealkylation sites (tertiary alicyclic amines) is 1. The zero-order chi connectivity index (χ0) is 17.5. The summed E-state index contributed by atoms with van der Waals surface area (Å²) in [5.74, 6) is 1.14. The van der Waals surface area contributed by atoms with Crippen molar-refractivity contribution in [2.45, 2.75) is 45.1 Å². The highest BCUT2D eigenvalue weighted by Gasteiger charge is 2.40. The van der Waals surface area contributed by atoms with Gasteiger partial charge >= 0.3 is 6.18 Å². The molecule has 24 heavy (non-hydrogen) atoms. The van der Waals surface area contributed by atoms with Crippen molar-refractivity contribution in [1.29, 1.82) is 0 Å². The summed E-state index contributed by atoms with van der Waals surface area (Å²) in [6, 6.07) is 5.00. The maximum atomic E-state index is 13.3. The van der Waals surface area contributed by atoms with E-state index in [2.05, 4.69) is 4.98 Å². The second kappa shape index (κ2) is 6.22. The van der Waals surface area contributed by atoms with Crippen LogP contribution in [-0.4, -0.2) is 27.6 Å². The van der Waals surface area contributed by atoms with Gasteiger partial charge in [0.2, 0.25) is 5.89 Å². The summed E-state index contributed by atoms with van der Waals surface area (Å²) in [5, 5.41) is 9.99. The fraction of sp³-hybridized carbons (Fsp3) is 0.471. The highest BCUT2D eigenvalue weighted by molar-refractivity contribution is 5.33. The topological polar surface area (TPSA) is 49.5 Å². The summed E-state index contributed by atoms with van der Waals surface area (Å²) in [6.45, 7) is 4.17. The van der Waals surface area contributed by atoms with Crippen LogP contribution in [0.2, 0.25) is 0 Å². The Morgan fingerprint density at radius 1 is 1.29 bits per heavy atom. The van der Waals surface area contributed by atoms with Gasteiger partial charge in [-0.1, -0.05) is 18.2 Å². The summed E-state index contributed by atoms with van der Waals surface area (Å²) < 4.78 is 45.4. The molecule has 0 radical (unpaired) electrons. The molecule has 2 atom stereocenters. The lowest BCUT2D eigenvalue weighted by atomic mass is 9.97. The predicted octanol–water partition coefficient (Wildman–Crippen LogP) is 3.62. The largest absolute Gasteiger partial charge is 0.444 e. The lowest BCUT2D eigenvalue weighted by Crippen LogP contribution is -2.26. The third-order valence-corrected chi connectivity index (χ3v) is 4.42. The Hall–Kier alpha value is -1.86. The molecule has 1 aromatic carbocycles. The molecule has 130 valence electrons. The highest BCUT2D eigenvalue weighted by Crippen LogP contribution is 2.40. The molecule has 1 N–H and O–H groups in total. The number of aliphatic hydroxyl groups is 1. The molecule has 3 rings (SSSR count). The number of oxazole rings is 1. The van der Waals surface area contributed by atoms with Crippen molar-refractivity contribution in [2.75, 3.05) is 6.54 Å². The van der Waals surface area contributed by atoms with Crippen molar-refractivity contribution in [1.82, 2.24) is 9.88 Å². The lowest BCUT2D eigenvalue weighted by molar-refractivity contribution is -0.138. The average molecular weight is 340 g/mol. The van der Waals surface area contributed by atoms with Gasteiger partial charge in [0.05, 0.1) is 23.9 Å². The van der Waals surface area contributed by atoms with E-state index in [1.165, 1.54) is 12.1 Å². The maximum absolute atomic E-state index is 13.3. The van der Waals surface area contributed by atoms with Gasteiger partial charge in [-0.3, -0.25) is 4.90 Å². The zero-order valence-corrected chi connectivity index (χ0v) is 13.5. The Bertz CT molecular complexity index is 707. The van der Waals surface area contributed by atoms with Crippen LogP contribution in [0.1, 0.15) is 40.9 Å². The molecular weight excluding hydrogens is 321 g/mol. The Morgan fingerprint density at radius 3 is 2.62 bits per heavy atom. The Morgan fingerprint density at radius 2 is 2.00 bits per heavy atom. The van der Waals surface area contributed by atoms with Gasteiger partial charge in [-0.2, -0.15) is 13.2 Å². The van der Waals surface area contributed by atoms with Gasteiger partial charge in [-0.25, -0.2) is 4.98 Å². The van der Waals surface area contributed by atoms with Crippen molar-refractivity contribution < 1.29 is 22.7 Å². The highest BCUT2D eigenvalue weighted by atomic mass is 19.4. The first-order valence-corrected chi connectivity index (χ1v) is 7.77. The van der Waals surface area contributed by atoms with Crippen LogP contribution in [0.15, 0.2) is 28.7 Å². The summed E-state index contributed by atoms with van der Waals surface area (Å²) in [7, 11) is 0. The number of aromatic nitrogens is 1. The quantitative estimate of drug-likeness (QED) is 0.927. The number of rotatable bonds is 3. The number of aryl methyl sites for hydroxylation is 2. The number of nitrogens with zero attached hydrogens (tertiary/aromatic N) is 2. The van der Waals surface area contributed by atoms with Crippen LogP contribution in [0.25, 0.3) is 0 Å². The number of β-amino-alcohol motifs (C(OH)–C–C–N with tert-alkyl or cyclic N) is 1. The van der Waals surface area contributed by atoms with Gasteiger partial charge in [-0.05, 0) is 31.9 Å². The van der Waals surface area contributed by atoms with Gasteiger partial charge in [0.25, 0.3) is 0 Å². The van der Waals surface area contributed by atoms with E-state index in [1.54, 1.807) is 17.9 Å². The van der Waals surface area contributed by atoms with Gasteiger partial charge in [-0.15, -0.1) is 0 Å². The average Bonchev–Trinajstić information content (AvgIpc) is 3.01. The van der Waals surface area contributed by atoms with E-state index in [-0.39, 0.29) is 25.1 Å². The van der Waals surface area contributed by atoms with Crippen molar-refractivity contribution in [3.05, 3.63) is 52.7 Å². The molecule has 1 saturated heterocycles. The van der Waals surface area contributed by atoms with Crippen LogP contribution in [0.5, 0.6) is 0 Å². The summed E-state index contributed by atoms with van der Waals surface area (Å²) in [4.78, 5) is 6.08. The minimum absolute atomic E-state index is 0.182. The molecule has 1 fully saturated rings. The van der Waals surface area contributed by atoms with E-state index in [0.717, 1.165) is 11.8 Å². The van der Waals surface area contributed by atoms with Gasteiger partial charge in [0.15, 0.2) is 0 Å². The maximum Gasteiger partial charge on any atom is 0.416 e. The Kier molecular flexibility index (Phi) is 4.40. The Labute approximate surface area is 137 Å². The van der Waals surface area contributed by atoms with Gasteiger partial charge < -0.3 is 9.52 Å². The monoisotopic (exact) mass is 340 g/mol. The van der Waals surface area contributed by atoms with Crippen LogP contribution in [0.3, 0.4) is 0 Å². The lowest BCUT2D eigenvalue weighted by Gasteiger charge is -2.25. The second-order valence-corrected chi connectivity index (χ2v) is 6.17. The SMILES string of the molecule is Cc1nc(CN2CC(O)CC2c2ccccc2C(F)(F)F)oc1C. The third kappa shape index (κ3) is 3.32. The van der Waals surface area contributed by atoms with Crippen molar-refractivity contribution in [3.63, 3.8) is 0 Å². The molecule has 1 aromatic heterocycles. The minimum Gasteiger partial charge on any atom is -0.444 e. The molecule has 0 amide bonds. The number of halogens is 3. The molecule has 1 aliphatic rings. The van der Waals surface area contributed by atoms with E-state index in [4.69, 9.17) is 4.42 Å². The number of hydrogen-bond donors (Lipinski definition) is 1. The first-order chi connectivity index (χ1) is 11.3. The van der Waals surface area contributed by atoms with Crippen LogP contribution in [-0.2, 0) is 12.7 Å². The van der Waals surface area contributed by atoms with E-state index < -0.39 is 23.9 Å². The number of hydrogen-bond acceptors (Lipinski definition) is 4. The van der Waals surface area contributed by atoms with E-state index in [1.807, 2.05) is 6.92 Å². The van der Waals surface area contributed by atoms with Crippen molar-refractivity contribution >= 4 is 0 Å². The van der Waals surface area contributed by atoms with E-state index >= 15 is 0 Å². The summed E-state index contributed by atoms with van der Waals surface area (Å²) >= 11 is 0. The summed E-state index contributed by atoms with van der Waals surface area (Å²) in [6.07, 6.45) is -4.84. The smallest absolute Gasteiger partial charge is 0.416 e. The third-order valence-electron chi connectivity index (χ3n) is 4.42. The predicted molar refractivity (Wildman–Crippen MR) is 81.2 cm³/mol. The Balaban J connectivity index is 1.91. The van der Waals surface area contributed by atoms with E-state index in [9.17, 15) is 18.3 Å². The zero-order valence-electron chi connectivity index (χ0n) is 13.5. The first kappa shape index (κ1) is 17.0. The molecule has 0 bridgehead atoms. The number of alkyl halides is 3. The number of benzene rings is 1.